The predicted octanol–water partition coefficient (Wildman–Crippen LogP) is 3.06. The van der Waals surface area contributed by atoms with Crippen LogP contribution in [0.3, 0.4) is 0 Å². The van der Waals surface area contributed by atoms with Gasteiger partial charge in [0.1, 0.15) is 0 Å². The van der Waals surface area contributed by atoms with Crippen LogP contribution in [0.2, 0.25) is 0 Å². The number of hydrogen-bond donors (Lipinski definition) is 0. The molecule has 1 aromatic rings. The lowest BCUT2D eigenvalue weighted by Gasteiger charge is -2.13. The predicted molar refractivity (Wildman–Crippen MR) is 56.9 cm³/mol. The summed E-state index contributed by atoms with van der Waals surface area (Å²) in [7, 11) is 0. The molecule has 0 fully saturated rings. The molecule has 96 valence electrons. The van der Waals surface area contributed by atoms with Gasteiger partial charge >= 0.3 is 12.1 Å². The Morgan fingerprint density at radius 1 is 1.44 bits per heavy atom. The van der Waals surface area contributed by atoms with Crippen molar-refractivity contribution in [3.63, 3.8) is 0 Å². The van der Waals surface area contributed by atoms with Gasteiger partial charge in [-0.05, 0) is 31.5 Å². The average molecular weight is 257 g/mol. The van der Waals surface area contributed by atoms with Crippen molar-refractivity contribution in [1.82, 2.24) is 0 Å². The second-order valence-corrected chi connectivity index (χ2v) is 3.54. The first-order chi connectivity index (χ1) is 8.31. The van der Waals surface area contributed by atoms with Crippen molar-refractivity contribution in [3.8, 4) is 6.07 Å². The maximum absolute atomic E-state index is 12.8. The van der Waals surface area contributed by atoms with E-state index in [9.17, 15) is 18.0 Å². The molecule has 3 nitrogen and oxygen atoms in total. The molecule has 1 rings (SSSR count). The lowest BCUT2D eigenvalue weighted by molar-refractivity contribution is -0.138. The van der Waals surface area contributed by atoms with E-state index in [1.54, 1.807) is 6.07 Å². The van der Waals surface area contributed by atoms with E-state index in [0.29, 0.717) is 0 Å². The fraction of sp³-hybridized carbons (Fsp3) is 0.333. The molecule has 0 spiro atoms. The monoisotopic (exact) mass is 257 g/mol. The Bertz CT molecular complexity index is 515. The van der Waals surface area contributed by atoms with Crippen molar-refractivity contribution in [2.75, 3.05) is 6.61 Å². The highest BCUT2D eigenvalue weighted by Gasteiger charge is 2.36. The first-order valence-corrected chi connectivity index (χ1v) is 5.10. The van der Waals surface area contributed by atoms with Crippen LogP contribution in [0.4, 0.5) is 13.2 Å². The van der Waals surface area contributed by atoms with E-state index in [0.717, 1.165) is 12.1 Å². The molecule has 0 heterocycles. The van der Waals surface area contributed by atoms with Gasteiger partial charge < -0.3 is 4.74 Å². The van der Waals surface area contributed by atoms with Crippen molar-refractivity contribution < 1.29 is 22.7 Å². The molecule has 1 aromatic carbocycles. The van der Waals surface area contributed by atoms with Crippen molar-refractivity contribution in [2.45, 2.75) is 20.0 Å². The quantitative estimate of drug-likeness (QED) is 0.765. The second kappa shape index (κ2) is 5.08. The van der Waals surface area contributed by atoms with Gasteiger partial charge in [0.05, 0.1) is 29.4 Å². The van der Waals surface area contributed by atoms with Crippen LogP contribution in [-0.2, 0) is 10.9 Å². The number of hydrogen-bond acceptors (Lipinski definition) is 3. The van der Waals surface area contributed by atoms with Crippen LogP contribution in [0.15, 0.2) is 12.1 Å². The van der Waals surface area contributed by atoms with E-state index in [4.69, 9.17) is 5.26 Å². The Morgan fingerprint density at radius 2 is 2.06 bits per heavy atom. The standard InChI is InChI=1S/C12H10F3NO2/c1-3-18-11(17)9-5-8(6-16)7(2)4-10(9)12(13,14)15/h4-5H,3H2,1-2H3. The van der Waals surface area contributed by atoms with Crippen LogP contribution >= 0.6 is 0 Å². The van der Waals surface area contributed by atoms with Crippen LogP contribution < -0.4 is 0 Å². The van der Waals surface area contributed by atoms with Gasteiger partial charge in [-0.1, -0.05) is 0 Å². The normalized spacial score (nSPS) is 10.9. The maximum atomic E-state index is 12.8. The SMILES string of the molecule is CCOC(=O)c1cc(C#N)c(C)cc1C(F)(F)F. The number of nitriles is 1. The third-order valence-corrected chi connectivity index (χ3v) is 2.29. The number of carbonyl (C=O) groups is 1. The van der Waals surface area contributed by atoms with Gasteiger partial charge in [-0.15, -0.1) is 0 Å². The first-order valence-electron chi connectivity index (χ1n) is 5.10. The van der Waals surface area contributed by atoms with Crippen molar-refractivity contribution >= 4 is 5.97 Å². The minimum Gasteiger partial charge on any atom is -0.462 e. The molecule has 0 saturated heterocycles. The molecule has 0 atom stereocenters. The fourth-order valence-electron chi connectivity index (χ4n) is 1.44. The molecule has 0 aliphatic rings. The van der Waals surface area contributed by atoms with Gasteiger partial charge in [-0.3, -0.25) is 0 Å². The minimum atomic E-state index is -4.67. The smallest absolute Gasteiger partial charge is 0.417 e. The highest BCUT2D eigenvalue weighted by molar-refractivity contribution is 5.92. The summed E-state index contributed by atoms with van der Waals surface area (Å²) in [5.41, 5.74) is -1.53. The Hall–Kier alpha value is -2.03. The highest BCUT2D eigenvalue weighted by atomic mass is 19.4. The minimum absolute atomic E-state index is 0.0195. The number of aryl methyl sites for hydroxylation is 1. The van der Waals surface area contributed by atoms with E-state index in [-0.39, 0.29) is 17.7 Å². The molecule has 0 N–H and O–H groups in total. The maximum Gasteiger partial charge on any atom is 0.417 e. The summed E-state index contributed by atoms with van der Waals surface area (Å²) in [6.45, 7) is 2.83. The molecule has 0 aliphatic carbocycles. The van der Waals surface area contributed by atoms with Crippen LogP contribution in [0.25, 0.3) is 0 Å². The molecule has 0 bridgehead atoms. The molecule has 0 saturated carbocycles. The largest absolute Gasteiger partial charge is 0.462 e. The Balaban J connectivity index is 3.46. The van der Waals surface area contributed by atoms with E-state index in [1.807, 2.05) is 0 Å². The van der Waals surface area contributed by atoms with Crippen LogP contribution in [0.1, 0.15) is 34.0 Å². The zero-order chi connectivity index (χ0) is 13.9. The van der Waals surface area contributed by atoms with E-state index in [1.165, 1.54) is 13.8 Å². The van der Waals surface area contributed by atoms with E-state index >= 15 is 0 Å². The molecular formula is C12H10F3NO2. The fourth-order valence-corrected chi connectivity index (χ4v) is 1.44. The molecule has 0 unspecified atom stereocenters. The lowest BCUT2D eigenvalue weighted by Crippen LogP contribution is -2.16. The van der Waals surface area contributed by atoms with Gasteiger partial charge in [0.15, 0.2) is 0 Å². The van der Waals surface area contributed by atoms with Gasteiger partial charge in [0.2, 0.25) is 0 Å². The molecule has 18 heavy (non-hydrogen) atoms. The summed E-state index contributed by atoms with van der Waals surface area (Å²) in [5, 5.41) is 8.76. The topological polar surface area (TPSA) is 50.1 Å². The lowest BCUT2D eigenvalue weighted by atomic mass is 9.99. The van der Waals surface area contributed by atoms with Crippen molar-refractivity contribution in [2.24, 2.45) is 0 Å². The summed E-state index contributed by atoms with van der Waals surface area (Å²) in [5.74, 6) is -1.08. The third-order valence-electron chi connectivity index (χ3n) is 2.29. The number of nitrogens with zero attached hydrogens (tertiary/aromatic N) is 1. The number of ether oxygens (including phenoxy) is 1. The number of halogens is 3. The number of alkyl halides is 3. The summed E-state index contributed by atoms with van der Waals surface area (Å²) in [6, 6.07) is 3.43. The Kier molecular flexibility index (Phi) is 3.96. The molecule has 0 aliphatic heterocycles. The summed E-state index contributed by atoms with van der Waals surface area (Å²) in [6.07, 6.45) is -4.67. The van der Waals surface area contributed by atoms with Crippen LogP contribution in [-0.4, -0.2) is 12.6 Å². The number of esters is 1. The zero-order valence-electron chi connectivity index (χ0n) is 9.76. The van der Waals surface area contributed by atoms with E-state index in [2.05, 4.69) is 4.74 Å². The van der Waals surface area contributed by atoms with Gasteiger partial charge in [0.25, 0.3) is 0 Å². The molecule has 0 amide bonds. The van der Waals surface area contributed by atoms with Gasteiger partial charge in [0, 0.05) is 0 Å². The van der Waals surface area contributed by atoms with E-state index < -0.39 is 23.3 Å². The van der Waals surface area contributed by atoms with Gasteiger partial charge in [-0.2, -0.15) is 18.4 Å². The number of benzene rings is 1. The summed E-state index contributed by atoms with van der Waals surface area (Å²) < 4.78 is 42.9. The van der Waals surface area contributed by atoms with Gasteiger partial charge in [-0.25, -0.2) is 4.79 Å². The van der Waals surface area contributed by atoms with Crippen molar-refractivity contribution in [1.29, 1.82) is 5.26 Å². The Morgan fingerprint density at radius 3 is 2.50 bits per heavy atom. The highest BCUT2D eigenvalue weighted by Crippen LogP contribution is 2.34. The molecule has 0 radical (unpaired) electrons. The van der Waals surface area contributed by atoms with Crippen LogP contribution in [0.5, 0.6) is 0 Å². The summed E-state index contributed by atoms with van der Waals surface area (Å²) >= 11 is 0. The second-order valence-electron chi connectivity index (χ2n) is 3.54. The third kappa shape index (κ3) is 2.80. The molecular weight excluding hydrogens is 247 g/mol. The number of carbonyl (C=O) groups excluding carboxylic acids is 1. The summed E-state index contributed by atoms with van der Waals surface area (Å²) in [4.78, 5) is 11.5. The molecule has 0 aromatic heterocycles. The van der Waals surface area contributed by atoms with Crippen molar-refractivity contribution in [3.05, 3.63) is 34.4 Å². The first kappa shape index (κ1) is 14.0. The zero-order valence-corrected chi connectivity index (χ0v) is 9.76. The van der Waals surface area contributed by atoms with Crippen LogP contribution in [0, 0.1) is 18.3 Å². The average Bonchev–Trinajstić information content (AvgIpc) is 2.27. The Labute approximate surface area is 102 Å². The number of rotatable bonds is 2. The molecule has 6 heteroatoms.